The van der Waals surface area contributed by atoms with E-state index in [1.807, 2.05) is 0 Å². The Labute approximate surface area is 154 Å². The quantitative estimate of drug-likeness (QED) is 0.400. The molecule has 27 heavy (non-hydrogen) atoms. The predicted octanol–water partition coefficient (Wildman–Crippen LogP) is 1.17. The van der Waals surface area contributed by atoms with E-state index in [0.29, 0.717) is 17.0 Å². The van der Waals surface area contributed by atoms with Crippen molar-refractivity contribution in [1.82, 2.24) is 5.43 Å². The van der Waals surface area contributed by atoms with Gasteiger partial charge in [0.15, 0.2) is 6.61 Å². The average Bonchev–Trinajstić information content (AvgIpc) is 2.66. The summed E-state index contributed by atoms with van der Waals surface area (Å²) in [5.74, 6) is -2.89. The number of para-hydroxylation sites is 1. The molecule has 0 aliphatic heterocycles. The van der Waals surface area contributed by atoms with E-state index in [1.54, 1.807) is 31.2 Å². The van der Waals surface area contributed by atoms with E-state index in [9.17, 15) is 18.8 Å². The lowest BCUT2D eigenvalue weighted by Crippen LogP contribution is -2.33. The minimum absolute atomic E-state index is 0.107. The second-order valence-corrected chi connectivity index (χ2v) is 5.35. The van der Waals surface area contributed by atoms with Gasteiger partial charge < -0.3 is 15.8 Å². The molecule has 0 atom stereocenters. The molecule has 0 bridgehead atoms. The first-order chi connectivity index (χ1) is 12.9. The number of ether oxygens (including phenoxy) is 1. The van der Waals surface area contributed by atoms with Crippen LogP contribution in [0.4, 0.5) is 10.1 Å². The number of rotatable bonds is 6. The molecule has 9 heteroatoms. The van der Waals surface area contributed by atoms with Gasteiger partial charge in [0.1, 0.15) is 11.6 Å². The molecule has 2 aromatic rings. The number of carbonyl (C=O) groups excluding carboxylic acids is 3. The Morgan fingerprint density at radius 2 is 1.74 bits per heavy atom. The maximum atomic E-state index is 13.5. The number of nitrogens with zero attached hydrogens (tertiary/aromatic N) is 1. The molecule has 0 aromatic heterocycles. The summed E-state index contributed by atoms with van der Waals surface area (Å²) in [4.78, 5) is 34.2. The largest absolute Gasteiger partial charge is 0.484 e. The van der Waals surface area contributed by atoms with Crippen molar-refractivity contribution >= 4 is 29.1 Å². The van der Waals surface area contributed by atoms with Gasteiger partial charge in [-0.05, 0) is 48.9 Å². The summed E-state index contributed by atoms with van der Waals surface area (Å²) in [5, 5.41) is 5.99. The van der Waals surface area contributed by atoms with Crippen LogP contribution in [0.2, 0.25) is 0 Å². The lowest BCUT2D eigenvalue weighted by Gasteiger charge is -2.07. The smallest absolute Gasteiger partial charge is 0.329 e. The second kappa shape index (κ2) is 9.09. The van der Waals surface area contributed by atoms with Gasteiger partial charge in [0.2, 0.25) is 0 Å². The Bertz CT molecular complexity index is 881. The van der Waals surface area contributed by atoms with Gasteiger partial charge in [0.05, 0.1) is 11.4 Å². The van der Waals surface area contributed by atoms with Gasteiger partial charge in [-0.3, -0.25) is 14.4 Å². The minimum Gasteiger partial charge on any atom is -0.484 e. The van der Waals surface area contributed by atoms with Gasteiger partial charge in [-0.2, -0.15) is 5.10 Å². The van der Waals surface area contributed by atoms with E-state index < -0.39 is 23.5 Å². The lowest BCUT2D eigenvalue weighted by atomic mass is 10.1. The molecule has 0 aliphatic rings. The van der Waals surface area contributed by atoms with Crippen LogP contribution in [0, 0.1) is 5.82 Å². The number of carbonyl (C=O) groups is 3. The maximum Gasteiger partial charge on any atom is 0.329 e. The number of primary amides is 1. The van der Waals surface area contributed by atoms with Crippen LogP contribution < -0.4 is 21.2 Å². The molecule has 140 valence electrons. The molecule has 3 amide bonds. The molecular formula is C18H17FN4O4. The number of nitrogens with one attached hydrogen (secondary N) is 2. The fraction of sp³-hybridized carbons (Fsp3) is 0.111. The van der Waals surface area contributed by atoms with Gasteiger partial charge in [-0.15, -0.1) is 0 Å². The molecular weight excluding hydrogens is 355 g/mol. The Morgan fingerprint density at radius 1 is 1.07 bits per heavy atom. The lowest BCUT2D eigenvalue weighted by molar-refractivity contribution is -0.136. The normalized spacial score (nSPS) is 10.8. The molecule has 8 nitrogen and oxygen atoms in total. The zero-order valence-corrected chi connectivity index (χ0v) is 14.4. The molecule has 0 saturated heterocycles. The summed E-state index contributed by atoms with van der Waals surface area (Å²) in [6.07, 6.45) is 0. The minimum atomic E-state index is -1.05. The summed E-state index contributed by atoms with van der Waals surface area (Å²) in [7, 11) is 0. The van der Waals surface area contributed by atoms with Gasteiger partial charge in [0, 0.05) is 0 Å². The zero-order chi connectivity index (χ0) is 19.8. The first-order valence-corrected chi connectivity index (χ1v) is 7.78. The number of hydrazone groups is 1. The van der Waals surface area contributed by atoms with Crippen LogP contribution in [0.1, 0.15) is 12.5 Å². The van der Waals surface area contributed by atoms with Crippen LogP contribution in [0.3, 0.4) is 0 Å². The number of hydrogen-bond acceptors (Lipinski definition) is 5. The van der Waals surface area contributed by atoms with Gasteiger partial charge in [-0.25, -0.2) is 9.82 Å². The van der Waals surface area contributed by atoms with Crippen molar-refractivity contribution in [2.45, 2.75) is 6.92 Å². The van der Waals surface area contributed by atoms with Crippen molar-refractivity contribution in [3.05, 3.63) is 59.9 Å². The van der Waals surface area contributed by atoms with E-state index in [0.717, 1.165) is 6.07 Å². The molecule has 0 spiro atoms. The van der Waals surface area contributed by atoms with Crippen molar-refractivity contribution < 1.29 is 23.5 Å². The Balaban J connectivity index is 1.93. The molecule has 2 rings (SSSR count). The highest BCUT2D eigenvalue weighted by Gasteiger charge is 2.15. The molecule has 4 N–H and O–H groups in total. The number of nitrogens with two attached hydrogens (primary N) is 1. The summed E-state index contributed by atoms with van der Waals surface area (Å²) in [6.45, 7) is 1.38. The summed E-state index contributed by atoms with van der Waals surface area (Å²) in [5.41, 5.74) is 8.05. The third-order valence-corrected chi connectivity index (χ3v) is 3.31. The van der Waals surface area contributed by atoms with Crippen molar-refractivity contribution in [2.24, 2.45) is 10.8 Å². The van der Waals surface area contributed by atoms with Crippen molar-refractivity contribution in [3.63, 3.8) is 0 Å². The second-order valence-electron chi connectivity index (χ2n) is 5.35. The highest BCUT2D eigenvalue weighted by Crippen LogP contribution is 2.13. The molecule has 0 aliphatic carbocycles. The molecule has 0 unspecified atom stereocenters. The van der Waals surface area contributed by atoms with Crippen LogP contribution in [-0.2, 0) is 14.4 Å². The van der Waals surface area contributed by atoms with E-state index in [-0.39, 0.29) is 12.3 Å². The Morgan fingerprint density at radius 3 is 2.37 bits per heavy atom. The third kappa shape index (κ3) is 5.92. The molecule has 0 fully saturated rings. The number of halogens is 1. The number of amides is 3. The van der Waals surface area contributed by atoms with E-state index in [4.69, 9.17) is 10.5 Å². The Hall–Kier alpha value is -3.75. The first kappa shape index (κ1) is 19.6. The van der Waals surface area contributed by atoms with Gasteiger partial charge in [0.25, 0.3) is 5.91 Å². The summed E-state index contributed by atoms with van der Waals surface area (Å²) < 4.78 is 18.6. The maximum absolute atomic E-state index is 13.5. The predicted molar refractivity (Wildman–Crippen MR) is 96.5 cm³/mol. The monoisotopic (exact) mass is 372 g/mol. The molecule has 0 heterocycles. The highest BCUT2D eigenvalue weighted by atomic mass is 19.1. The van der Waals surface area contributed by atoms with Gasteiger partial charge >= 0.3 is 11.8 Å². The topological polar surface area (TPSA) is 123 Å². The zero-order valence-electron chi connectivity index (χ0n) is 14.4. The van der Waals surface area contributed by atoms with E-state index >= 15 is 0 Å². The van der Waals surface area contributed by atoms with Crippen LogP contribution in [0.5, 0.6) is 5.75 Å². The third-order valence-electron chi connectivity index (χ3n) is 3.31. The van der Waals surface area contributed by atoms with Crippen molar-refractivity contribution in [2.75, 3.05) is 11.9 Å². The van der Waals surface area contributed by atoms with Crippen LogP contribution in [0.15, 0.2) is 53.6 Å². The molecule has 0 radical (unpaired) electrons. The fourth-order valence-corrected chi connectivity index (χ4v) is 1.94. The first-order valence-electron chi connectivity index (χ1n) is 7.78. The summed E-state index contributed by atoms with van der Waals surface area (Å²) >= 11 is 0. The Kier molecular flexibility index (Phi) is 6.59. The van der Waals surface area contributed by atoms with Crippen LogP contribution in [-0.4, -0.2) is 30.0 Å². The standard InChI is InChI=1S/C18H17FN4O4/c1-11(12-6-8-13(9-7-12)27-10-16(20)24)22-23-18(26)17(25)21-15-5-3-2-4-14(15)19/h2-9H,10H2,1H3,(H2,20,24)(H,21,25)(H,23,26)/b22-11+. The molecule has 2 aromatic carbocycles. The van der Waals surface area contributed by atoms with E-state index in [1.165, 1.54) is 18.2 Å². The SMILES string of the molecule is C/C(=N\NC(=O)C(=O)Nc1ccccc1F)c1ccc(OCC(N)=O)cc1. The number of hydrogen-bond donors (Lipinski definition) is 3. The van der Waals surface area contributed by atoms with E-state index in [2.05, 4.69) is 15.8 Å². The van der Waals surface area contributed by atoms with Crippen molar-refractivity contribution in [3.8, 4) is 5.75 Å². The highest BCUT2D eigenvalue weighted by molar-refractivity contribution is 6.39. The number of anilines is 1. The number of benzene rings is 2. The summed E-state index contributed by atoms with van der Waals surface area (Å²) in [6, 6.07) is 12.0. The van der Waals surface area contributed by atoms with Gasteiger partial charge in [-0.1, -0.05) is 12.1 Å². The van der Waals surface area contributed by atoms with Crippen LogP contribution >= 0.6 is 0 Å². The van der Waals surface area contributed by atoms with Crippen molar-refractivity contribution in [1.29, 1.82) is 0 Å². The molecule has 0 saturated carbocycles. The average molecular weight is 372 g/mol. The fourth-order valence-electron chi connectivity index (χ4n) is 1.94. The van der Waals surface area contributed by atoms with Crippen LogP contribution in [0.25, 0.3) is 0 Å².